The number of Topliss-reactive ketones (excluding diaryl/α,β-unsaturated/α-hetero) is 2. The monoisotopic (exact) mass is 339 g/mol. The van der Waals surface area contributed by atoms with Crippen molar-refractivity contribution in [1.29, 1.82) is 0 Å². The fraction of sp³-hybridized carbons (Fsp3) is 0.400. The van der Waals surface area contributed by atoms with Crippen molar-refractivity contribution < 1.29 is 14.4 Å². The van der Waals surface area contributed by atoms with E-state index in [-0.39, 0.29) is 28.7 Å². The zero-order valence-corrected chi connectivity index (χ0v) is 13.4. The number of alkyl halides is 1. The predicted molar refractivity (Wildman–Crippen MR) is 82.7 cm³/mol. The summed E-state index contributed by atoms with van der Waals surface area (Å²) in [5.74, 6) is -0.510. The zero-order chi connectivity index (χ0) is 15.3. The second-order valence-corrected chi connectivity index (χ2v) is 5.34. The van der Waals surface area contributed by atoms with E-state index in [1.807, 2.05) is 0 Å². The van der Waals surface area contributed by atoms with Crippen LogP contribution in [0.25, 0.3) is 0 Å². The molecular formula is C15H18BrNO3. The molecule has 1 aromatic rings. The number of benzene rings is 1. The van der Waals surface area contributed by atoms with Gasteiger partial charge in [-0.05, 0) is 18.2 Å². The number of ketones is 2. The van der Waals surface area contributed by atoms with Crippen molar-refractivity contribution >= 4 is 39.1 Å². The maximum absolute atomic E-state index is 11.8. The molecule has 1 rings (SSSR count). The molecule has 0 heterocycles. The maximum atomic E-state index is 11.8. The Bertz CT molecular complexity index is 504. The van der Waals surface area contributed by atoms with Crippen LogP contribution in [0.1, 0.15) is 47.9 Å². The third kappa shape index (κ3) is 4.27. The molecule has 0 saturated carbocycles. The van der Waals surface area contributed by atoms with E-state index in [0.717, 1.165) is 0 Å². The van der Waals surface area contributed by atoms with E-state index in [9.17, 15) is 14.4 Å². The van der Waals surface area contributed by atoms with Crippen LogP contribution in [0.5, 0.6) is 0 Å². The molecule has 0 atom stereocenters. The first-order chi connectivity index (χ1) is 9.38. The largest absolute Gasteiger partial charge is 0.326 e. The van der Waals surface area contributed by atoms with Crippen molar-refractivity contribution in [3.63, 3.8) is 0 Å². The third-order valence-corrected chi connectivity index (χ3v) is 3.32. The standard InChI is InChI=1S/C15H18BrNO3/c1-4-13(18)10-5-11(14(19)8-16)7-12(6-10)17-15(20)9(2)3/h5-7,9H,4,8H2,1-3H3,(H,17,20). The minimum Gasteiger partial charge on any atom is -0.326 e. The number of carbonyl (C=O) groups is 3. The van der Waals surface area contributed by atoms with Crippen LogP contribution in [0.2, 0.25) is 0 Å². The number of amides is 1. The van der Waals surface area contributed by atoms with E-state index in [0.29, 0.717) is 23.2 Å². The first kappa shape index (κ1) is 16.6. The maximum Gasteiger partial charge on any atom is 0.226 e. The fourth-order valence-corrected chi connectivity index (χ4v) is 1.91. The number of hydrogen-bond donors (Lipinski definition) is 1. The van der Waals surface area contributed by atoms with Gasteiger partial charge >= 0.3 is 0 Å². The average Bonchev–Trinajstić information content (AvgIpc) is 2.44. The lowest BCUT2D eigenvalue weighted by Crippen LogP contribution is -2.18. The normalized spacial score (nSPS) is 10.4. The highest BCUT2D eigenvalue weighted by Gasteiger charge is 2.14. The van der Waals surface area contributed by atoms with Gasteiger partial charge in [0, 0.05) is 29.2 Å². The summed E-state index contributed by atoms with van der Waals surface area (Å²) < 4.78 is 0. The SMILES string of the molecule is CCC(=O)c1cc(NC(=O)C(C)C)cc(C(=O)CBr)c1. The van der Waals surface area contributed by atoms with Gasteiger partial charge in [0.15, 0.2) is 11.6 Å². The molecule has 0 saturated heterocycles. The van der Waals surface area contributed by atoms with Gasteiger partial charge in [0.05, 0.1) is 5.33 Å². The van der Waals surface area contributed by atoms with Crippen molar-refractivity contribution in [2.24, 2.45) is 5.92 Å². The number of hydrogen-bond acceptors (Lipinski definition) is 3. The Labute approximate surface area is 127 Å². The molecule has 1 amide bonds. The third-order valence-electron chi connectivity index (χ3n) is 2.81. The summed E-state index contributed by atoms with van der Waals surface area (Å²) >= 11 is 3.11. The quantitative estimate of drug-likeness (QED) is 0.637. The van der Waals surface area contributed by atoms with Gasteiger partial charge in [-0.1, -0.05) is 36.7 Å². The van der Waals surface area contributed by atoms with Crippen LogP contribution in [0.3, 0.4) is 0 Å². The molecule has 1 aromatic carbocycles. The van der Waals surface area contributed by atoms with Crippen LogP contribution in [-0.4, -0.2) is 22.8 Å². The van der Waals surface area contributed by atoms with E-state index in [4.69, 9.17) is 0 Å². The molecular weight excluding hydrogens is 322 g/mol. The van der Waals surface area contributed by atoms with Crippen LogP contribution in [0.4, 0.5) is 5.69 Å². The summed E-state index contributed by atoms with van der Waals surface area (Å²) in [6, 6.07) is 4.77. The van der Waals surface area contributed by atoms with E-state index in [1.165, 1.54) is 0 Å². The summed E-state index contributed by atoms with van der Waals surface area (Å²) in [6.45, 7) is 5.32. The Morgan fingerprint density at radius 3 is 2.10 bits per heavy atom. The molecule has 0 aromatic heterocycles. The Kier molecular flexibility index (Phi) is 6.07. The number of halogens is 1. The van der Waals surface area contributed by atoms with Crippen molar-refractivity contribution in [2.45, 2.75) is 27.2 Å². The number of carbonyl (C=O) groups excluding carboxylic acids is 3. The smallest absolute Gasteiger partial charge is 0.226 e. The first-order valence-corrected chi connectivity index (χ1v) is 7.59. The van der Waals surface area contributed by atoms with Gasteiger partial charge < -0.3 is 5.32 Å². The van der Waals surface area contributed by atoms with Crippen molar-refractivity contribution in [1.82, 2.24) is 0 Å². The molecule has 0 spiro atoms. The predicted octanol–water partition coefficient (Wildman–Crippen LogP) is 3.45. The molecule has 108 valence electrons. The van der Waals surface area contributed by atoms with Gasteiger partial charge in [-0.25, -0.2) is 0 Å². The van der Waals surface area contributed by atoms with Crippen LogP contribution in [-0.2, 0) is 4.79 Å². The van der Waals surface area contributed by atoms with Crippen molar-refractivity contribution in [3.8, 4) is 0 Å². The van der Waals surface area contributed by atoms with Crippen molar-refractivity contribution in [3.05, 3.63) is 29.3 Å². The summed E-state index contributed by atoms with van der Waals surface area (Å²) in [6.07, 6.45) is 0.351. The molecule has 0 radical (unpaired) electrons. The minimum absolute atomic E-state index is 0.0609. The fourth-order valence-electron chi connectivity index (χ4n) is 1.59. The van der Waals surface area contributed by atoms with E-state index in [1.54, 1.807) is 39.0 Å². The molecule has 0 aliphatic carbocycles. The number of nitrogens with one attached hydrogen (secondary N) is 1. The lowest BCUT2D eigenvalue weighted by molar-refractivity contribution is -0.118. The Morgan fingerprint density at radius 1 is 1.10 bits per heavy atom. The summed E-state index contributed by atoms with van der Waals surface area (Å²) in [5.41, 5.74) is 1.34. The number of anilines is 1. The highest BCUT2D eigenvalue weighted by atomic mass is 79.9. The van der Waals surface area contributed by atoms with Gasteiger partial charge in [-0.3, -0.25) is 14.4 Å². The zero-order valence-electron chi connectivity index (χ0n) is 11.8. The molecule has 0 unspecified atom stereocenters. The van der Waals surface area contributed by atoms with Gasteiger partial charge in [0.2, 0.25) is 5.91 Å². The van der Waals surface area contributed by atoms with Crippen LogP contribution in [0.15, 0.2) is 18.2 Å². The van der Waals surface area contributed by atoms with Crippen LogP contribution >= 0.6 is 15.9 Å². The first-order valence-electron chi connectivity index (χ1n) is 6.47. The molecule has 1 N–H and O–H groups in total. The topological polar surface area (TPSA) is 63.2 Å². The second kappa shape index (κ2) is 7.33. The summed E-state index contributed by atoms with van der Waals surface area (Å²) in [4.78, 5) is 35.3. The Morgan fingerprint density at radius 2 is 1.65 bits per heavy atom. The Hall–Kier alpha value is -1.49. The van der Waals surface area contributed by atoms with Gasteiger partial charge in [0.25, 0.3) is 0 Å². The Balaban J connectivity index is 3.19. The molecule has 5 heteroatoms. The lowest BCUT2D eigenvalue weighted by atomic mass is 10.0. The van der Waals surface area contributed by atoms with Gasteiger partial charge in [-0.2, -0.15) is 0 Å². The van der Waals surface area contributed by atoms with Crippen LogP contribution < -0.4 is 5.32 Å². The van der Waals surface area contributed by atoms with Gasteiger partial charge in [0.1, 0.15) is 0 Å². The molecule has 0 aliphatic heterocycles. The van der Waals surface area contributed by atoms with E-state index >= 15 is 0 Å². The van der Waals surface area contributed by atoms with E-state index < -0.39 is 0 Å². The highest BCUT2D eigenvalue weighted by Crippen LogP contribution is 2.18. The summed E-state index contributed by atoms with van der Waals surface area (Å²) in [5, 5.41) is 2.90. The highest BCUT2D eigenvalue weighted by molar-refractivity contribution is 9.09. The lowest BCUT2D eigenvalue weighted by Gasteiger charge is -2.11. The van der Waals surface area contributed by atoms with Crippen LogP contribution in [0, 0.1) is 5.92 Å². The molecule has 0 fully saturated rings. The summed E-state index contributed by atoms with van der Waals surface area (Å²) in [7, 11) is 0. The molecule has 0 aliphatic rings. The van der Waals surface area contributed by atoms with E-state index in [2.05, 4.69) is 21.2 Å². The number of rotatable bonds is 6. The second-order valence-electron chi connectivity index (χ2n) is 4.78. The minimum atomic E-state index is -0.171. The van der Waals surface area contributed by atoms with Crippen molar-refractivity contribution in [2.75, 3.05) is 10.6 Å². The van der Waals surface area contributed by atoms with Gasteiger partial charge in [-0.15, -0.1) is 0 Å². The molecule has 0 bridgehead atoms. The molecule has 20 heavy (non-hydrogen) atoms. The molecule has 4 nitrogen and oxygen atoms in total. The average molecular weight is 340 g/mol.